The minimum Gasteiger partial charge on any atom is -0.353 e. The molecule has 0 bridgehead atoms. The lowest BCUT2D eigenvalue weighted by molar-refractivity contribution is -0.117. The van der Waals surface area contributed by atoms with Gasteiger partial charge in [0.2, 0.25) is 5.91 Å². The number of hydrogen-bond acceptors (Lipinski definition) is 1. The highest BCUT2D eigenvalue weighted by atomic mass is 16.1. The molecule has 1 radical (unpaired) electrons. The molecule has 1 atom stereocenters. The molecule has 1 N–H and O–H groups in total. The first-order valence-corrected chi connectivity index (χ1v) is 3.16. The molecule has 0 saturated heterocycles. The van der Waals surface area contributed by atoms with Gasteiger partial charge in [0.25, 0.3) is 0 Å². The molecule has 1 unspecified atom stereocenters. The molecule has 2 heteroatoms. The van der Waals surface area contributed by atoms with E-state index in [0.29, 0.717) is 5.92 Å². The second-order valence-electron chi connectivity index (χ2n) is 2.60. The van der Waals surface area contributed by atoms with E-state index in [1.807, 2.05) is 6.92 Å². The molecule has 0 spiro atoms. The number of rotatable bonds is 2. The molecule has 0 aromatic heterocycles. The van der Waals surface area contributed by atoms with E-state index in [9.17, 15) is 4.79 Å². The summed E-state index contributed by atoms with van der Waals surface area (Å²) in [5.41, 5.74) is 0. The van der Waals surface area contributed by atoms with Crippen LogP contribution in [0.3, 0.4) is 0 Å². The molecule has 53 valence electrons. The summed E-state index contributed by atoms with van der Waals surface area (Å²) >= 11 is 0. The Morgan fingerprint density at radius 3 is 2.00 bits per heavy atom. The standard InChI is InChI=1S/C7H14NO/c1-5(2)6(3)8-7(4)9/h5-6H,4H2,1-3H3,(H,8,9). The van der Waals surface area contributed by atoms with Gasteiger partial charge in [0.05, 0.1) is 0 Å². The molecule has 0 aliphatic rings. The Bertz CT molecular complexity index is 99.1. The molecular weight excluding hydrogens is 114 g/mol. The van der Waals surface area contributed by atoms with Crippen molar-refractivity contribution in [3.63, 3.8) is 0 Å². The first kappa shape index (κ1) is 8.47. The zero-order valence-corrected chi connectivity index (χ0v) is 6.27. The average molecular weight is 128 g/mol. The monoisotopic (exact) mass is 128 g/mol. The summed E-state index contributed by atoms with van der Waals surface area (Å²) < 4.78 is 0. The maximum atomic E-state index is 10.3. The van der Waals surface area contributed by atoms with Gasteiger partial charge in [-0.2, -0.15) is 0 Å². The maximum absolute atomic E-state index is 10.3. The predicted molar refractivity (Wildman–Crippen MR) is 37.8 cm³/mol. The molecule has 2 nitrogen and oxygen atoms in total. The van der Waals surface area contributed by atoms with Crippen molar-refractivity contribution in [2.45, 2.75) is 26.8 Å². The molecule has 0 saturated carbocycles. The first-order valence-electron chi connectivity index (χ1n) is 3.16. The van der Waals surface area contributed by atoms with Crippen molar-refractivity contribution in [1.29, 1.82) is 0 Å². The Kier molecular flexibility index (Phi) is 3.28. The third-order valence-electron chi connectivity index (χ3n) is 1.39. The molecule has 1 amide bonds. The van der Waals surface area contributed by atoms with Crippen molar-refractivity contribution in [2.24, 2.45) is 5.92 Å². The lowest BCUT2D eigenvalue weighted by Crippen LogP contribution is -2.34. The quantitative estimate of drug-likeness (QED) is 0.590. The fourth-order valence-corrected chi connectivity index (χ4v) is 0.421. The predicted octanol–water partition coefficient (Wildman–Crippen LogP) is 0.981. The second kappa shape index (κ2) is 3.49. The van der Waals surface area contributed by atoms with Gasteiger partial charge in [0.1, 0.15) is 0 Å². The maximum Gasteiger partial charge on any atom is 0.220 e. The lowest BCUT2D eigenvalue weighted by Gasteiger charge is -2.15. The van der Waals surface area contributed by atoms with Crippen molar-refractivity contribution < 1.29 is 4.79 Å². The third kappa shape index (κ3) is 4.01. The van der Waals surface area contributed by atoms with E-state index in [1.54, 1.807) is 0 Å². The Morgan fingerprint density at radius 1 is 1.44 bits per heavy atom. The summed E-state index contributed by atoms with van der Waals surface area (Å²) in [5.74, 6) is 0.284. The highest BCUT2D eigenvalue weighted by molar-refractivity contribution is 5.80. The number of hydrogen-bond donors (Lipinski definition) is 1. The van der Waals surface area contributed by atoms with Gasteiger partial charge in [-0.25, -0.2) is 0 Å². The smallest absolute Gasteiger partial charge is 0.220 e. The average Bonchev–Trinajstić information content (AvgIpc) is 1.63. The fraction of sp³-hybridized carbons (Fsp3) is 0.714. The zero-order chi connectivity index (χ0) is 7.44. The van der Waals surface area contributed by atoms with Gasteiger partial charge in [-0.3, -0.25) is 4.79 Å². The molecule has 9 heavy (non-hydrogen) atoms. The van der Waals surface area contributed by atoms with E-state index < -0.39 is 0 Å². The summed E-state index contributed by atoms with van der Waals surface area (Å²) in [5, 5.41) is 2.69. The van der Waals surface area contributed by atoms with E-state index in [4.69, 9.17) is 0 Å². The van der Waals surface area contributed by atoms with Crippen LogP contribution in [0.4, 0.5) is 0 Å². The largest absolute Gasteiger partial charge is 0.353 e. The van der Waals surface area contributed by atoms with Gasteiger partial charge in [-0.15, -0.1) is 0 Å². The molecule has 0 heterocycles. The number of amides is 1. The zero-order valence-electron chi connectivity index (χ0n) is 6.27. The SMILES string of the molecule is [CH2]C(=O)NC(C)C(C)C. The summed E-state index contributed by atoms with van der Waals surface area (Å²) in [6.45, 7) is 9.29. The minimum atomic E-state index is -0.198. The van der Waals surface area contributed by atoms with E-state index in [1.165, 1.54) is 0 Å². The van der Waals surface area contributed by atoms with Gasteiger partial charge in [-0.1, -0.05) is 13.8 Å². The van der Waals surface area contributed by atoms with Gasteiger partial charge in [0.15, 0.2) is 0 Å². The van der Waals surface area contributed by atoms with Crippen molar-refractivity contribution in [2.75, 3.05) is 0 Å². The Morgan fingerprint density at radius 2 is 1.89 bits per heavy atom. The van der Waals surface area contributed by atoms with Crippen molar-refractivity contribution in [3.8, 4) is 0 Å². The summed E-state index contributed by atoms with van der Waals surface area (Å²) in [6, 6.07) is 0.231. The van der Waals surface area contributed by atoms with Crippen LogP contribution >= 0.6 is 0 Å². The van der Waals surface area contributed by atoms with Gasteiger partial charge in [-0.05, 0) is 12.8 Å². The van der Waals surface area contributed by atoms with Gasteiger partial charge >= 0.3 is 0 Å². The number of carbonyl (C=O) groups excluding carboxylic acids is 1. The highest BCUT2D eigenvalue weighted by Crippen LogP contribution is 1.98. The molecular formula is C7H14NO. The van der Waals surface area contributed by atoms with Crippen LogP contribution in [0.15, 0.2) is 0 Å². The summed E-state index contributed by atoms with van der Waals surface area (Å²) in [4.78, 5) is 10.3. The van der Waals surface area contributed by atoms with Crippen LogP contribution in [0.25, 0.3) is 0 Å². The Balaban J connectivity index is 3.50. The van der Waals surface area contributed by atoms with Crippen LogP contribution < -0.4 is 5.32 Å². The van der Waals surface area contributed by atoms with Crippen LogP contribution in [0.2, 0.25) is 0 Å². The molecule has 0 aromatic carbocycles. The third-order valence-corrected chi connectivity index (χ3v) is 1.39. The normalized spacial score (nSPS) is 13.4. The second-order valence-corrected chi connectivity index (χ2v) is 2.60. The lowest BCUT2D eigenvalue weighted by atomic mass is 10.1. The summed E-state index contributed by atoms with van der Waals surface area (Å²) in [6.07, 6.45) is 0. The highest BCUT2D eigenvalue weighted by Gasteiger charge is 2.06. The van der Waals surface area contributed by atoms with Crippen LogP contribution in [-0.2, 0) is 4.79 Å². The number of nitrogens with one attached hydrogen (secondary N) is 1. The van der Waals surface area contributed by atoms with Crippen LogP contribution in [0.1, 0.15) is 20.8 Å². The van der Waals surface area contributed by atoms with Crippen molar-refractivity contribution in [3.05, 3.63) is 6.92 Å². The van der Waals surface area contributed by atoms with E-state index in [2.05, 4.69) is 26.1 Å². The van der Waals surface area contributed by atoms with E-state index >= 15 is 0 Å². The molecule has 0 rings (SSSR count). The van der Waals surface area contributed by atoms with Crippen molar-refractivity contribution >= 4 is 5.91 Å². The van der Waals surface area contributed by atoms with Crippen LogP contribution in [0, 0.1) is 12.8 Å². The first-order chi connectivity index (χ1) is 4.04. The Hall–Kier alpha value is -0.530. The van der Waals surface area contributed by atoms with Gasteiger partial charge < -0.3 is 5.32 Å². The van der Waals surface area contributed by atoms with Crippen molar-refractivity contribution in [1.82, 2.24) is 5.32 Å². The van der Waals surface area contributed by atoms with E-state index in [-0.39, 0.29) is 11.9 Å². The van der Waals surface area contributed by atoms with Gasteiger partial charge in [0, 0.05) is 13.0 Å². The topological polar surface area (TPSA) is 29.1 Å². The Labute approximate surface area is 56.6 Å². The number of carbonyl (C=O) groups is 1. The molecule has 0 aromatic rings. The molecule has 0 aliphatic heterocycles. The van der Waals surface area contributed by atoms with Crippen LogP contribution in [-0.4, -0.2) is 11.9 Å². The summed E-state index contributed by atoms with van der Waals surface area (Å²) in [7, 11) is 0. The van der Waals surface area contributed by atoms with Crippen LogP contribution in [0.5, 0.6) is 0 Å². The molecule has 0 aliphatic carbocycles. The fourth-order valence-electron chi connectivity index (χ4n) is 0.421. The molecule has 0 fully saturated rings. The minimum absolute atomic E-state index is 0.198. The van der Waals surface area contributed by atoms with E-state index in [0.717, 1.165) is 0 Å².